The van der Waals surface area contributed by atoms with E-state index in [0.29, 0.717) is 11.3 Å². The van der Waals surface area contributed by atoms with Crippen molar-refractivity contribution in [3.63, 3.8) is 0 Å². The van der Waals surface area contributed by atoms with Gasteiger partial charge in [-0.15, -0.1) is 0 Å². The zero-order valence-electron chi connectivity index (χ0n) is 14.8. The summed E-state index contributed by atoms with van der Waals surface area (Å²) in [5.74, 6) is 0.228. The number of sulfonamides is 1. The minimum Gasteiger partial charge on any atom is -0.466 e. The van der Waals surface area contributed by atoms with Gasteiger partial charge in [0.2, 0.25) is 10.0 Å². The van der Waals surface area contributed by atoms with E-state index in [9.17, 15) is 18.3 Å². The lowest BCUT2D eigenvalue weighted by molar-refractivity contribution is 0.0623. The van der Waals surface area contributed by atoms with Crippen LogP contribution in [0.2, 0.25) is 0 Å². The minimum atomic E-state index is -3.92. The van der Waals surface area contributed by atoms with Crippen molar-refractivity contribution in [2.75, 3.05) is 19.0 Å². The molecule has 3 rings (SSSR count). The number of methoxy groups -OCH3 is 1. The summed E-state index contributed by atoms with van der Waals surface area (Å²) in [5, 5.41) is 17.1. The quantitative estimate of drug-likeness (QED) is 0.539. The third kappa shape index (κ3) is 4.25. The van der Waals surface area contributed by atoms with E-state index in [4.69, 9.17) is 4.42 Å². The van der Waals surface area contributed by atoms with Crippen molar-refractivity contribution in [1.29, 1.82) is 0 Å². The van der Waals surface area contributed by atoms with Crippen molar-refractivity contribution >= 4 is 33.1 Å². The van der Waals surface area contributed by atoms with Gasteiger partial charge in [0.15, 0.2) is 5.60 Å². The highest BCUT2D eigenvalue weighted by Crippen LogP contribution is 2.31. The Morgan fingerprint density at radius 1 is 1.25 bits per heavy atom. The van der Waals surface area contributed by atoms with Crippen LogP contribution < -0.4 is 10.0 Å². The van der Waals surface area contributed by atoms with E-state index in [1.807, 2.05) is 0 Å². The summed E-state index contributed by atoms with van der Waals surface area (Å²) in [5.41, 5.74) is -0.743. The van der Waals surface area contributed by atoms with Gasteiger partial charge in [-0.05, 0) is 53.2 Å². The van der Waals surface area contributed by atoms with Crippen LogP contribution in [-0.4, -0.2) is 33.3 Å². The van der Waals surface area contributed by atoms with E-state index in [2.05, 4.69) is 14.8 Å². The highest BCUT2D eigenvalue weighted by Gasteiger charge is 2.36. The number of furan rings is 1. The SMILES string of the molecule is COC(=O)Nc1ccc(S(=O)(=O)NC[C@](O)(c2ccsc2)c2ccco2)cc1. The molecule has 2 heterocycles. The molecular weight excluding hydrogens is 404 g/mol. The van der Waals surface area contributed by atoms with Gasteiger partial charge < -0.3 is 14.3 Å². The Balaban J connectivity index is 1.79. The van der Waals surface area contributed by atoms with Crippen molar-refractivity contribution < 1.29 is 27.5 Å². The Morgan fingerprint density at radius 3 is 2.57 bits per heavy atom. The van der Waals surface area contributed by atoms with E-state index >= 15 is 0 Å². The molecule has 0 radical (unpaired) electrons. The number of carbonyl (C=O) groups is 1. The van der Waals surface area contributed by atoms with Crippen molar-refractivity contribution in [1.82, 2.24) is 4.72 Å². The first-order valence-corrected chi connectivity index (χ1v) is 10.5. The molecule has 1 aromatic carbocycles. The summed E-state index contributed by atoms with van der Waals surface area (Å²) in [7, 11) is -2.69. The molecule has 3 aromatic rings. The molecule has 2 aromatic heterocycles. The monoisotopic (exact) mass is 422 g/mol. The molecule has 0 aliphatic carbocycles. The Hall–Kier alpha value is -2.66. The van der Waals surface area contributed by atoms with E-state index in [-0.39, 0.29) is 17.2 Å². The Morgan fingerprint density at radius 2 is 2.00 bits per heavy atom. The molecule has 0 bridgehead atoms. The number of amides is 1. The molecule has 0 saturated heterocycles. The van der Waals surface area contributed by atoms with Gasteiger partial charge in [0.1, 0.15) is 5.76 Å². The summed E-state index contributed by atoms with van der Waals surface area (Å²) in [6.07, 6.45) is 0.752. The molecule has 148 valence electrons. The first-order valence-electron chi connectivity index (χ1n) is 8.09. The normalized spacial score (nSPS) is 13.6. The topological polar surface area (TPSA) is 118 Å². The zero-order chi connectivity index (χ0) is 20.2. The van der Waals surface area contributed by atoms with Crippen LogP contribution in [0.5, 0.6) is 0 Å². The highest BCUT2D eigenvalue weighted by atomic mass is 32.2. The maximum absolute atomic E-state index is 12.6. The predicted molar refractivity (Wildman–Crippen MR) is 104 cm³/mol. The molecule has 1 atom stereocenters. The van der Waals surface area contributed by atoms with E-state index in [1.54, 1.807) is 29.0 Å². The molecule has 0 aliphatic heterocycles. The van der Waals surface area contributed by atoms with Gasteiger partial charge in [0.25, 0.3) is 0 Å². The van der Waals surface area contributed by atoms with Gasteiger partial charge in [-0.3, -0.25) is 5.32 Å². The lowest BCUT2D eigenvalue weighted by atomic mass is 9.94. The lowest BCUT2D eigenvalue weighted by Gasteiger charge is -2.25. The number of carbonyl (C=O) groups excluding carboxylic acids is 1. The first kappa shape index (κ1) is 20.1. The number of hydrogen-bond donors (Lipinski definition) is 3. The van der Waals surface area contributed by atoms with Crippen molar-refractivity contribution in [3.8, 4) is 0 Å². The molecule has 0 saturated carbocycles. The molecule has 0 fully saturated rings. The largest absolute Gasteiger partial charge is 0.466 e. The van der Waals surface area contributed by atoms with E-state index in [0.717, 1.165) is 0 Å². The Labute approximate surface area is 165 Å². The van der Waals surface area contributed by atoms with Crippen LogP contribution in [0.4, 0.5) is 10.5 Å². The molecule has 0 unspecified atom stereocenters. The van der Waals surface area contributed by atoms with Crippen molar-refractivity contribution in [2.45, 2.75) is 10.5 Å². The van der Waals surface area contributed by atoms with Crippen LogP contribution in [0.3, 0.4) is 0 Å². The van der Waals surface area contributed by atoms with Gasteiger partial charge >= 0.3 is 6.09 Å². The number of benzene rings is 1. The second-order valence-corrected chi connectivity index (χ2v) is 8.36. The number of aliphatic hydroxyl groups is 1. The number of anilines is 1. The molecule has 10 heteroatoms. The van der Waals surface area contributed by atoms with Crippen LogP contribution >= 0.6 is 11.3 Å². The second kappa shape index (κ2) is 8.15. The van der Waals surface area contributed by atoms with Crippen LogP contribution in [0.15, 0.2) is 68.8 Å². The predicted octanol–water partition coefficient (Wildman–Crippen LogP) is 2.73. The molecule has 28 heavy (non-hydrogen) atoms. The standard InChI is InChI=1S/C18H18N2O6S2/c1-25-17(21)20-14-4-6-15(7-5-14)28(23,24)19-12-18(22,13-8-10-27-11-13)16-3-2-9-26-16/h2-11,19,22H,12H2,1H3,(H,20,21)/t18-/m0/s1. The molecular formula is C18H18N2O6S2. The number of thiophene rings is 1. The van der Waals surface area contributed by atoms with Crippen molar-refractivity contribution in [3.05, 3.63) is 70.8 Å². The number of rotatable bonds is 7. The average molecular weight is 422 g/mol. The third-order valence-electron chi connectivity index (χ3n) is 4.04. The van der Waals surface area contributed by atoms with Gasteiger partial charge in [-0.2, -0.15) is 11.3 Å². The minimum absolute atomic E-state index is 0.0185. The second-order valence-electron chi connectivity index (χ2n) is 5.82. The van der Waals surface area contributed by atoms with Gasteiger partial charge in [0.05, 0.1) is 24.8 Å². The summed E-state index contributed by atoms with van der Waals surface area (Å²) < 4.78 is 37.5. The third-order valence-corrected chi connectivity index (χ3v) is 6.14. The van der Waals surface area contributed by atoms with Gasteiger partial charge in [-0.1, -0.05) is 0 Å². The van der Waals surface area contributed by atoms with Gasteiger partial charge in [-0.25, -0.2) is 17.9 Å². The van der Waals surface area contributed by atoms with Crippen LogP contribution in [0, 0.1) is 0 Å². The fourth-order valence-corrected chi connectivity index (χ4v) is 4.30. The molecule has 0 spiro atoms. The summed E-state index contributed by atoms with van der Waals surface area (Å²) in [4.78, 5) is 11.2. The number of ether oxygens (including phenoxy) is 1. The lowest BCUT2D eigenvalue weighted by Crippen LogP contribution is -2.41. The highest BCUT2D eigenvalue weighted by molar-refractivity contribution is 7.89. The fraction of sp³-hybridized carbons (Fsp3) is 0.167. The maximum Gasteiger partial charge on any atom is 0.411 e. The van der Waals surface area contributed by atoms with Gasteiger partial charge in [0, 0.05) is 11.3 Å². The smallest absolute Gasteiger partial charge is 0.411 e. The summed E-state index contributed by atoms with van der Waals surface area (Å²) >= 11 is 1.38. The Bertz CT molecular complexity index is 978. The average Bonchev–Trinajstić information content (AvgIpc) is 3.41. The van der Waals surface area contributed by atoms with Crippen LogP contribution in [0.1, 0.15) is 11.3 Å². The molecule has 0 aliphatic rings. The maximum atomic E-state index is 12.6. The number of hydrogen-bond acceptors (Lipinski definition) is 7. The molecule has 3 N–H and O–H groups in total. The zero-order valence-corrected chi connectivity index (χ0v) is 16.4. The van der Waals surface area contributed by atoms with E-state index < -0.39 is 21.7 Å². The number of nitrogens with one attached hydrogen (secondary N) is 2. The summed E-state index contributed by atoms with van der Waals surface area (Å²) in [6, 6.07) is 10.4. The fourth-order valence-electron chi connectivity index (χ4n) is 2.51. The first-order chi connectivity index (χ1) is 13.3. The summed E-state index contributed by atoms with van der Waals surface area (Å²) in [6.45, 7) is -0.318. The molecule has 1 amide bonds. The van der Waals surface area contributed by atoms with E-state index in [1.165, 1.54) is 49.0 Å². The molecule has 8 nitrogen and oxygen atoms in total. The van der Waals surface area contributed by atoms with Crippen molar-refractivity contribution in [2.24, 2.45) is 0 Å². The van der Waals surface area contributed by atoms with Crippen LogP contribution in [0.25, 0.3) is 0 Å². The van der Waals surface area contributed by atoms with Crippen LogP contribution in [-0.2, 0) is 20.4 Å². The Kier molecular flexibility index (Phi) is 5.84.